The van der Waals surface area contributed by atoms with Crippen LogP contribution in [0.1, 0.15) is 42.9 Å². The number of aromatic hydroxyl groups is 1. The van der Waals surface area contributed by atoms with Crippen molar-refractivity contribution in [2.75, 3.05) is 19.7 Å². The van der Waals surface area contributed by atoms with E-state index in [2.05, 4.69) is 0 Å². The largest absolute Gasteiger partial charge is 0.508 e. The number of carbonyl (C=O) groups is 2. The minimum atomic E-state index is -0.504. The first kappa shape index (κ1) is 16.6. The lowest BCUT2D eigenvalue weighted by Gasteiger charge is -2.16. The number of likely N-dealkylation sites (tertiary alicyclic amines) is 1. The lowest BCUT2D eigenvalue weighted by molar-refractivity contribution is -0.147. The van der Waals surface area contributed by atoms with Gasteiger partial charge in [-0.25, -0.2) is 0 Å². The highest BCUT2D eigenvalue weighted by atomic mass is 16.5. The fourth-order valence-electron chi connectivity index (χ4n) is 3.68. The molecule has 1 N–H and O–H groups in total. The van der Waals surface area contributed by atoms with Crippen LogP contribution in [0.4, 0.5) is 0 Å². The number of ether oxygens (including phenoxy) is 1. The summed E-state index contributed by atoms with van der Waals surface area (Å²) >= 11 is 0. The average molecular weight is 329 g/mol. The molecule has 0 spiro atoms. The Labute approximate surface area is 141 Å². The molecule has 1 aliphatic heterocycles. The number of rotatable bonds is 4. The van der Waals surface area contributed by atoms with Gasteiger partial charge < -0.3 is 14.7 Å². The molecule has 1 amide bonds. The first-order valence-corrected chi connectivity index (χ1v) is 8.49. The Morgan fingerprint density at radius 2 is 2.08 bits per heavy atom. The van der Waals surface area contributed by atoms with E-state index in [9.17, 15) is 14.7 Å². The summed E-state index contributed by atoms with van der Waals surface area (Å²) in [4.78, 5) is 26.1. The van der Waals surface area contributed by atoms with E-state index < -0.39 is 11.9 Å². The molecule has 2 aliphatic rings. The number of allylic oxidation sites excluding steroid dienone is 1. The Balaban J connectivity index is 1.90. The standard InChI is InChI=1S/C19H23NO4/c1-3-12-10-20(11-17(22)24-4-2)19(23)18(12)15-8-13-6-5-7-14(13)9-16(15)21/h3,8-9,18,21H,4-7,10-11H2,1-2H3/b12-3+. The van der Waals surface area contributed by atoms with Gasteiger partial charge in [-0.3, -0.25) is 9.59 Å². The minimum Gasteiger partial charge on any atom is -0.508 e. The third-order valence-electron chi connectivity index (χ3n) is 4.85. The minimum absolute atomic E-state index is 0.0494. The second-order valence-electron chi connectivity index (χ2n) is 6.33. The summed E-state index contributed by atoms with van der Waals surface area (Å²) < 4.78 is 4.94. The maximum atomic E-state index is 12.8. The zero-order valence-corrected chi connectivity index (χ0v) is 14.2. The van der Waals surface area contributed by atoms with Crippen molar-refractivity contribution >= 4 is 11.9 Å². The van der Waals surface area contributed by atoms with Crippen molar-refractivity contribution in [2.45, 2.75) is 39.0 Å². The van der Waals surface area contributed by atoms with Crippen molar-refractivity contribution in [3.8, 4) is 5.75 Å². The normalized spacial score (nSPS) is 21.4. The van der Waals surface area contributed by atoms with Crippen molar-refractivity contribution in [1.29, 1.82) is 0 Å². The predicted octanol–water partition coefficient (Wildman–Crippen LogP) is 2.32. The molecule has 5 heteroatoms. The summed E-state index contributed by atoms with van der Waals surface area (Å²) in [5.41, 5.74) is 3.96. The number of fused-ring (bicyclic) bond motifs is 1. The van der Waals surface area contributed by atoms with E-state index in [1.54, 1.807) is 13.0 Å². The third kappa shape index (κ3) is 2.90. The summed E-state index contributed by atoms with van der Waals surface area (Å²) in [5.74, 6) is -0.883. The Bertz CT molecular complexity index is 708. The smallest absolute Gasteiger partial charge is 0.325 e. The van der Waals surface area contributed by atoms with Crippen molar-refractivity contribution < 1.29 is 19.4 Å². The first-order valence-electron chi connectivity index (χ1n) is 8.49. The molecule has 128 valence electrons. The SMILES string of the molecule is C/C=C1\CN(CC(=O)OCC)C(=O)C1c1cc2c(cc1O)CCC2. The van der Waals surface area contributed by atoms with Crippen molar-refractivity contribution in [3.05, 3.63) is 40.5 Å². The number of aryl methyl sites for hydroxylation is 2. The molecule has 3 rings (SSSR count). The molecule has 1 aromatic rings. The van der Waals surface area contributed by atoms with Gasteiger partial charge in [0.05, 0.1) is 12.5 Å². The molecule has 1 aromatic carbocycles. The van der Waals surface area contributed by atoms with E-state index in [0.717, 1.165) is 24.8 Å². The van der Waals surface area contributed by atoms with E-state index >= 15 is 0 Å². The Morgan fingerprint density at radius 1 is 1.38 bits per heavy atom. The Hall–Kier alpha value is -2.30. The maximum absolute atomic E-state index is 12.8. The summed E-state index contributed by atoms with van der Waals surface area (Å²) in [6.45, 7) is 4.27. The Morgan fingerprint density at radius 3 is 2.75 bits per heavy atom. The van der Waals surface area contributed by atoms with Gasteiger partial charge in [0.1, 0.15) is 12.3 Å². The number of amides is 1. The molecule has 1 heterocycles. The van der Waals surface area contributed by atoms with E-state index in [-0.39, 0.29) is 18.2 Å². The number of carbonyl (C=O) groups excluding carboxylic acids is 2. The molecule has 24 heavy (non-hydrogen) atoms. The van der Waals surface area contributed by atoms with Crippen molar-refractivity contribution in [1.82, 2.24) is 4.90 Å². The second kappa shape index (κ2) is 6.67. The fraction of sp³-hybridized carbons (Fsp3) is 0.474. The number of benzene rings is 1. The highest BCUT2D eigenvalue weighted by molar-refractivity contribution is 5.93. The number of hydrogen-bond acceptors (Lipinski definition) is 4. The van der Waals surface area contributed by atoms with Crippen LogP contribution in [0.5, 0.6) is 5.75 Å². The zero-order valence-electron chi connectivity index (χ0n) is 14.2. The van der Waals surface area contributed by atoms with Gasteiger partial charge in [0.2, 0.25) is 5.91 Å². The molecule has 1 fully saturated rings. The topological polar surface area (TPSA) is 66.8 Å². The van der Waals surface area contributed by atoms with E-state index in [0.29, 0.717) is 18.7 Å². The van der Waals surface area contributed by atoms with Gasteiger partial charge >= 0.3 is 5.97 Å². The van der Waals surface area contributed by atoms with Crippen LogP contribution in [0, 0.1) is 0 Å². The monoisotopic (exact) mass is 329 g/mol. The summed E-state index contributed by atoms with van der Waals surface area (Å²) in [6, 6.07) is 3.77. The van der Waals surface area contributed by atoms with Gasteiger partial charge in [0.15, 0.2) is 0 Å². The van der Waals surface area contributed by atoms with Crippen molar-refractivity contribution in [3.63, 3.8) is 0 Å². The number of phenols is 1. The van der Waals surface area contributed by atoms with Crippen LogP contribution < -0.4 is 0 Å². The van der Waals surface area contributed by atoms with Gasteiger partial charge in [0.25, 0.3) is 0 Å². The highest BCUT2D eigenvalue weighted by Crippen LogP contribution is 2.40. The van der Waals surface area contributed by atoms with Crippen molar-refractivity contribution in [2.24, 2.45) is 0 Å². The molecule has 0 aromatic heterocycles. The molecule has 1 aliphatic carbocycles. The summed E-state index contributed by atoms with van der Waals surface area (Å²) in [6.07, 6.45) is 4.96. The molecule has 1 unspecified atom stereocenters. The highest BCUT2D eigenvalue weighted by Gasteiger charge is 2.39. The first-order chi connectivity index (χ1) is 11.5. The number of nitrogens with zero attached hydrogens (tertiary/aromatic N) is 1. The summed E-state index contributed by atoms with van der Waals surface area (Å²) in [7, 11) is 0. The lowest BCUT2D eigenvalue weighted by Crippen LogP contribution is -2.33. The average Bonchev–Trinajstić information content (AvgIpc) is 3.11. The number of hydrogen-bond donors (Lipinski definition) is 1. The van der Waals surface area contributed by atoms with Gasteiger partial charge in [-0.2, -0.15) is 0 Å². The molecule has 0 radical (unpaired) electrons. The van der Waals surface area contributed by atoms with Crippen LogP contribution in [0.15, 0.2) is 23.8 Å². The molecule has 1 atom stereocenters. The molecule has 5 nitrogen and oxygen atoms in total. The van der Waals surface area contributed by atoms with Gasteiger partial charge in [0, 0.05) is 12.1 Å². The molecular weight excluding hydrogens is 306 g/mol. The van der Waals surface area contributed by atoms with Gasteiger partial charge in [-0.05, 0) is 55.9 Å². The van der Waals surface area contributed by atoms with E-state index in [1.807, 2.05) is 19.1 Å². The van der Waals surface area contributed by atoms with Gasteiger partial charge in [-0.1, -0.05) is 12.1 Å². The molecular formula is C19H23NO4. The summed E-state index contributed by atoms with van der Waals surface area (Å²) in [5, 5.41) is 10.4. The van der Waals surface area contributed by atoms with Crippen LogP contribution in [-0.2, 0) is 27.2 Å². The molecule has 0 bridgehead atoms. The van der Waals surface area contributed by atoms with Crippen LogP contribution in [0.25, 0.3) is 0 Å². The predicted molar refractivity (Wildman–Crippen MR) is 89.8 cm³/mol. The van der Waals surface area contributed by atoms with Crippen LogP contribution in [0.2, 0.25) is 0 Å². The van der Waals surface area contributed by atoms with Gasteiger partial charge in [-0.15, -0.1) is 0 Å². The number of esters is 1. The zero-order chi connectivity index (χ0) is 17.3. The lowest BCUT2D eigenvalue weighted by atomic mass is 9.90. The maximum Gasteiger partial charge on any atom is 0.325 e. The van der Waals surface area contributed by atoms with E-state index in [4.69, 9.17) is 4.74 Å². The number of phenolic OH excluding ortho intramolecular Hbond substituents is 1. The van der Waals surface area contributed by atoms with Crippen LogP contribution >= 0.6 is 0 Å². The molecule has 0 saturated carbocycles. The third-order valence-corrected chi connectivity index (χ3v) is 4.85. The quantitative estimate of drug-likeness (QED) is 0.680. The van der Waals surface area contributed by atoms with E-state index in [1.165, 1.54) is 16.0 Å². The second-order valence-corrected chi connectivity index (χ2v) is 6.33. The van der Waals surface area contributed by atoms with Crippen LogP contribution in [0.3, 0.4) is 0 Å². The molecule has 1 saturated heterocycles. The Kier molecular flexibility index (Phi) is 4.60. The fourth-order valence-corrected chi connectivity index (χ4v) is 3.68. The van der Waals surface area contributed by atoms with Crippen LogP contribution in [-0.4, -0.2) is 41.6 Å².